The number of thioether (sulfide) groups is 1. The molecule has 0 radical (unpaired) electrons. The highest BCUT2D eigenvalue weighted by molar-refractivity contribution is 9.10. The van der Waals surface area contributed by atoms with Crippen LogP contribution in [0.4, 0.5) is 9.18 Å². The number of aryl methyl sites for hydroxylation is 1. The first-order valence-electron chi connectivity index (χ1n) is 8.88. The Morgan fingerprint density at radius 2 is 2.00 bits per heavy atom. The maximum absolute atomic E-state index is 14.0. The highest BCUT2D eigenvalue weighted by Crippen LogP contribution is 2.36. The summed E-state index contributed by atoms with van der Waals surface area (Å²) in [5, 5.41) is -0.323. The van der Waals surface area contributed by atoms with Gasteiger partial charge in [-0.05, 0) is 60.6 Å². The molecule has 3 aromatic rings. The third-order valence-electron chi connectivity index (χ3n) is 4.54. The first-order valence-corrected chi connectivity index (χ1v) is 10.9. The van der Waals surface area contributed by atoms with Crippen LogP contribution in [0.15, 0.2) is 62.3 Å². The molecule has 0 bridgehead atoms. The monoisotopic (exact) mass is 505 g/mol. The summed E-state index contributed by atoms with van der Waals surface area (Å²) in [6.07, 6.45) is 1.51. The highest BCUT2D eigenvalue weighted by Gasteiger charge is 2.36. The van der Waals surface area contributed by atoms with Crippen LogP contribution in [0.3, 0.4) is 0 Å². The van der Waals surface area contributed by atoms with Crippen molar-refractivity contribution >= 4 is 56.5 Å². The molecule has 8 heteroatoms. The van der Waals surface area contributed by atoms with E-state index < -0.39 is 17.0 Å². The Labute approximate surface area is 189 Å². The van der Waals surface area contributed by atoms with Crippen molar-refractivity contribution in [2.75, 3.05) is 0 Å². The van der Waals surface area contributed by atoms with E-state index in [1.165, 1.54) is 24.3 Å². The summed E-state index contributed by atoms with van der Waals surface area (Å²) in [6, 6.07) is 13.6. The predicted octanol–water partition coefficient (Wildman–Crippen LogP) is 7.05. The largest absolute Gasteiger partial charge is 0.457 e. The number of imide groups is 1. The van der Waals surface area contributed by atoms with E-state index in [0.717, 1.165) is 32.3 Å². The van der Waals surface area contributed by atoms with Gasteiger partial charge in [-0.2, -0.15) is 0 Å². The normalized spacial score (nSPS) is 15.5. The molecule has 4 nitrogen and oxygen atoms in total. The van der Waals surface area contributed by atoms with Crippen molar-refractivity contribution in [1.29, 1.82) is 0 Å². The van der Waals surface area contributed by atoms with Crippen molar-refractivity contribution in [3.8, 4) is 11.3 Å². The molecule has 0 spiro atoms. The van der Waals surface area contributed by atoms with Crippen molar-refractivity contribution in [1.82, 2.24) is 4.90 Å². The smallest absolute Gasteiger partial charge is 0.293 e. The van der Waals surface area contributed by atoms with Gasteiger partial charge in [0.1, 0.15) is 17.3 Å². The molecule has 4 rings (SSSR count). The highest BCUT2D eigenvalue weighted by atomic mass is 79.9. The molecule has 2 heterocycles. The lowest BCUT2D eigenvalue weighted by Gasteiger charge is -2.14. The van der Waals surface area contributed by atoms with Gasteiger partial charge in [0.25, 0.3) is 11.1 Å². The number of carbonyl (C=O) groups excluding carboxylic acids is 2. The molecule has 1 aliphatic rings. The van der Waals surface area contributed by atoms with Crippen LogP contribution in [0.5, 0.6) is 0 Å². The van der Waals surface area contributed by atoms with E-state index in [-0.39, 0.29) is 22.0 Å². The zero-order valence-electron chi connectivity index (χ0n) is 15.6. The molecule has 30 heavy (non-hydrogen) atoms. The molecule has 0 saturated carbocycles. The van der Waals surface area contributed by atoms with Crippen LogP contribution in [0.25, 0.3) is 17.4 Å². The van der Waals surface area contributed by atoms with Crippen LogP contribution < -0.4 is 0 Å². The summed E-state index contributed by atoms with van der Waals surface area (Å²) in [5.74, 6) is -0.0129. The van der Waals surface area contributed by atoms with Gasteiger partial charge in [-0.25, -0.2) is 4.39 Å². The molecule has 1 fully saturated rings. The Bertz CT molecular complexity index is 1190. The summed E-state index contributed by atoms with van der Waals surface area (Å²) < 4.78 is 20.8. The van der Waals surface area contributed by atoms with Gasteiger partial charge in [0, 0.05) is 26.7 Å². The van der Waals surface area contributed by atoms with Crippen LogP contribution in [0.2, 0.25) is 5.02 Å². The number of hydrogen-bond acceptors (Lipinski definition) is 4. The second-order valence-electron chi connectivity index (χ2n) is 6.65. The second kappa shape index (κ2) is 8.41. The Balaban J connectivity index is 1.57. The predicted molar refractivity (Wildman–Crippen MR) is 120 cm³/mol. The fourth-order valence-corrected chi connectivity index (χ4v) is 4.73. The van der Waals surface area contributed by atoms with Crippen molar-refractivity contribution in [3.63, 3.8) is 0 Å². The van der Waals surface area contributed by atoms with E-state index >= 15 is 0 Å². The third-order valence-corrected chi connectivity index (χ3v) is 6.46. The van der Waals surface area contributed by atoms with Crippen LogP contribution in [-0.4, -0.2) is 16.0 Å². The number of benzene rings is 2. The van der Waals surface area contributed by atoms with Crippen LogP contribution in [0, 0.1) is 12.7 Å². The standard InChI is InChI=1S/C22H14BrClFNO3S/c1-12-5-7-14(16(23)9-12)19-8-6-13(29-19)10-20-21(27)26(22(28)30-20)11-15-17(24)3-2-4-18(15)25/h2-10H,11H2,1H3/b20-10-. The quantitative estimate of drug-likeness (QED) is 0.356. The SMILES string of the molecule is Cc1ccc(-c2ccc(/C=C3\SC(=O)N(Cc4c(F)cccc4Cl)C3=O)o2)c(Br)c1. The summed E-state index contributed by atoms with van der Waals surface area (Å²) in [7, 11) is 0. The minimum Gasteiger partial charge on any atom is -0.457 e. The van der Waals surface area contributed by atoms with Crippen LogP contribution in [0.1, 0.15) is 16.9 Å². The number of halogens is 3. The molecule has 152 valence electrons. The van der Waals surface area contributed by atoms with Crippen molar-refractivity contribution in [3.05, 3.63) is 85.6 Å². The van der Waals surface area contributed by atoms with Gasteiger partial charge in [0.2, 0.25) is 0 Å². The summed E-state index contributed by atoms with van der Waals surface area (Å²) in [5.41, 5.74) is 2.09. The van der Waals surface area contributed by atoms with Gasteiger partial charge in [0.05, 0.1) is 11.4 Å². The van der Waals surface area contributed by atoms with Gasteiger partial charge < -0.3 is 4.42 Å². The summed E-state index contributed by atoms with van der Waals surface area (Å²) >= 11 is 10.3. The fraction of sp³-hybridized carbons (Fsp3) is 0.0909. The Morgan fingerprint density at radius 1 is 1.20 bits per heavy atom. The molecule has 0 N–H and O–H groups in total. The maximum Gasteiger partial charge on any atom is 0.293 e. The molecule has 1 saturated heterocycles. The lowest BCUT2D eigenvalue weighted by atomic mass is 10.1. The number of hydrogen-bond donors (Lipinski definition) is 0. The summed E-state index contributed by atoms with van der Waals surface area (Å²) in [4.78, 5) is 26.2. The molecule has 0 unspecified atom stereocenters. The molecule has 0 atom stereocenters. The second-order valence-corrected chi connectivity index (χ2v) is 8.91. The molecular formula is C22H14BrClFNO3S. The molecule has 2 amide bonds. The average Bonchev–Trinajstić information content (AvgIpc) is 3.24. The minimum atomic E-state index is -0.565. The Hall–Kier alpha value is -2.35. The first-order chi connectivity index (χ1) is 14.3. The lowest BCUT2D eigenvalue weighted by molar-refractivity contribution is -0.123. The lowest BCUT2D eigenvalue weighted by Crippen LogP contribution is -2.28. The zero-order chi connectivity index (χ0) is 21.4. The number of nitrogens with zero attached hydrogens (tertiary/aromatic N) is 1. The van der Waals surface area contributed by atoms with Gasteiger partial charge in [-0.1, -0.05) is 39.7 Å². The van der Waals surface area contributed by atoms with E-state index in [0.29, 0.717) is 11.5 Å². The maximum atomic E-state index is 14.0. The van der Waals surface area contributed by atoms with Gasteiger partial charge in [-0.15, -0.1) is 0 Å². The Morgan fingerprint density at radius 3 is 2.73 bits per heavy atom. The molecule has 1 aliphatic heterocycles. The van der Waals surface area contributed by atoms with Gasteiger partial charge in [0.15, 0.2) is 0 Å². The summed E-state index contributed by atoms with van der Waals surface area (Å²) in [6.45, 7) is 1.76. The molecular weight excluding hydrogens is 493 g/mol. The van der Waals surface area contributed by atoms with Crippen molar-refractivity contribution in [2.45, 2.75) is 13.5 Å². The van der Waals surface area contributed by atoms with Gasteiger partial charge in [-0.3, -0.25) is 14.5 Å². The van der Waals surface area contributed by atoms with Crippen molar-refractivity contribution < 1.29 is 18.4 Å². The average molecular weight is 507 g/mol. The minimum absolute atomic E-state index is 0.104. The number of carbonyl (C=O) groups is 2. The van der Waals surface area contributed by atoms with Crippen LogP contribution in [-0.2, 0) is 11.3 Å². The van der Waals surface area contributed by atoms with E-state index in [1.54, 1.807) is 12.1 Å². The Kier molecular flexibility index (Phi) is 5.86. The van der Waals surface area contributed by atoms with Gasteiger partial charge >= 0.3 is 0 Å². The number of rotatable bonds is 4. The first kappa shape index (κ1) is 20.9. The number of amides is 2. The number of furan rings is 1. The van der Waals surface area contributed by atoms with E-state index in [9.17, 15) is 14.0 Å². The van der Waals surface area contributed by atoms with E-state index in [4.69, 9.17) is 16.0 Å². The van der Waals surface area contributed by atoms with E-state index in [2.05, 4.69) is 15.9 Å². The fourth-order valence-electron chi connectivity index (χ4n) is 3.00. The third kappa shape index (κ3) is 4.10. The zero-order valence-corrected chi connectivity index (χ0v) is 18.8. The van der Waals surface area contributed by atoms with Crippen molar-refractivity contribution in [2.24, 2.45) is 0 Å². The molecule has 2 aromatic carbocycles. The molecule has 0 aliphatic carbocycles. The topological polar surface area (TPSA) is 50.5 Å². The van der Waals surface area contributed by atoms with Crippen LogP contribution >= 0.6 is 39.3 Å². The molecule has 1 aromatic heterocycles. The van der Waals surface area contributed by atoms with E-state index in [1.807, 2.05) is 25.1 Å².